The van der Waals surface area contributed by atoms with E-state index in [2.05, 4.69) is 21.3 Å². The molecule has 3 aromatic carbocycles. The van der Waals surface area contributed by atoms with Crippen LogP contribution in [-0.4, -0.2) is 69.3 Å². The van der Waals surface area contributed by atoms with Crippen LogP contribution in [0.15, 0.2) is 72.8 Å². The number of methoxy groups -OCH3 is 3. The second-order valence-electron chi connectivity index (χ2n) is 11.6. The second kappa shape index (κ2) is 15.8. The van der Waals surface area contributed by atoms with Gasteiger partial charge in [0.1, 0.15) is 24.2 Å². The zero-order chi connectivity index (χ0) is 34.0. The zero-order valence-electron chi connectivity index (χ0n) is 27.3. The second-order valence-corrected chi connectivity index (χ2v) is 11.6. The number of ether oxygens (including phenoxy) is 4. The summed E-state index contributed by atoms with van der Waals surface area (Å²) in [6.07, 6.45) is -0.574. The largest absolute Gasteiger partial charge is 0.493 e. The monoisotopic (exact) mass is 646 g/mol. The molecular weight excluding hydrogens is 604 g/mol. The molecule has 0 bridgehead atoms. The lowest BCUT2D eigenvalue weighted by molar-refractivity contribution is -0.141. The standard InChI is InChI=1S/C35H42N4O8/c1-22(2)28(32(41)39-35(21-36-33(35)42)19-23-12-8-6-9-13-23)38-31(40)26(37-34(43)47-20-24-14-10-7-11-15-24)18-25-16-17-27(44-3)30(46-5)29(25)45-4/h6-17,22,26,28H,18-21H2,1-5H3,(H,36,42)(H,37,43)(H,38,40)(H,39,41)/t26-,28-,35-/m0/s1. The van der Waals surface area contributed by atoms with Crippen LogP contribution < -0.4 is 35.5 Å². The van der Waals surface area contributed by atoms with E-state index >= 15 is 0 Å². The molecule has 0 unspecified atom stereocenters. The fourth-order valence-electron chi connectivity index (χ4n) is 5.37. The van der Waals surface area contributed by atoms with Gasteiger partial charge in [0.05, 0.1) is 27.9 Å². The van der Waals surface area contributed by atoms with Crippen molar-refractivity contribution in [3.63, 3.8) is 0 Å². The van der Waals surface area contributed by atoms with E-state index in [0.717, 1.165) is 11.1 Å². The zero-order valence-corrected chi connectivity index (χ0v) is 27.3. The summed E-state index contributed by atoms with van der Waals surface area (Å²) in [4.78, 5) is 53.4. The normalized spacial score (nSPS) is 16.5. The van der Waals surface area contributed by atoms with Crippen molar-refractivity contribution in [3.8, 4) is 17.2 Å². The average molecular weight is 647 g/mol. The minimum atomic E-state index is -1.19. The van der Waals surface area contributed by atoms with Crippen molar-refractivity contribution in [1.29, 1.82) is 0 Å². The summed E-state index contributed by atoms with van der Waals surface area (Å²) in [5.41, 5.74) is 1.04. The Balaban J connectivity index is 1.56. The molecule has 0 radical (unpaired) electrons. The van der Waals surface area contributed by atoms with Crippen LogP contribution in [0.1, 0.15) is 30.5 Å². The summed E-state index contributed by atoms with van der Waals surface area (Å²) in [7, 11) is 4.41. The van der Waals surface area contributed by atoms with Gasteiger partial charge in [0.25, 0.3) is 0 Å². The number of nitrogens with one attached hydrogen (secondary N) is 4. The average Bonchev–Trinajstić information content (AvgIpc) is 3.08. The van der Waals surface area contributed by atoms with Gasteiger partial charge >= 0.3 is 6.09 Å². The lowest BCUT2D eigenvalue weighted by Gasteiger charge is -2.42. The van der Waals surface area contributed by atoms with Crippen LogP contribution in [-0.2, 0) is 38.6 Å². The van der Waals surface area contributed by atoms with E-state index in [0.29, 0.717) is 29.2 Å². The molecule has 47 heavy (non-hydrogen) atoms. The molecule has 1 saturated heterocycles. The molecule has 0 aromatic heterocycles. The van der Waals surface area contributed by atoms with E-state index in [9.17, 15) is 19.2 Å². The highest BCUT2D eigenvalue weighted by molar-refractivity contribution is 5.99. The van der Waals surface area contributed by atoms with Gasteiger partial charge in [-0.1, -0.05) is 80.6 Å². The van der Waals surface area contributed by atoms with E-state index in [1.54, 1.807) is 26.0 Å². The van der Waals surface area contributed by atoms with Crippen LogP contribution in [0, 0.1) is 5.92 Å². The van der Waals surface area contributed by atoms with Crippen molar-refractivity contribution < 1.29 is 38.1 Å². The molecule has 4 N–H and O–H groups in total. The number of rotatable bonds is 15. The third-order valence-corrected chi connectivity index (χ3v) is 7.97. The van der Waals surface area contributed by atoms with Crippen molar-refractivity contribution in [2.75, 3.05) is 27.9 Å². The predicted octanol–water partition coefficient (Wildman–Crippen LogP) is 2.92. The van der Waals surface area contributed by atoms with Gasteiger partial charge in [-0.2, -0.15) is 0 Å². The number of carbonyl (C=O) groups is 4. The van der Waals surface area contributed by atoms with Gasteiger partial charge in [-0.05, 0) is 23.1 Å². The molecule has 0 spiro atoms. The van der Waals surface area contributed by atoms with Gasteiger partial charge < -0.3 is 40.2 Å². The van der Waals surface area contributed by atoms with Gasteiger partial charge in [0.15, 0.2) is 11.5 Å². The SMILES string of the molecule is COc1ccc(C[C@H](NC(=O)OCc2ccccc2)C(=O)N[C@H](C(=O)N[C@@]2(Cc3ccccc3)CNC2=O)C(C)C)c(OC)c1OC. The molecule has 12 heteroatoms. The number of benzene rings is 3. The minimum absolute atomic E-state index is 0.0106. The van der Waals surface area contributed by atoms with Gasteiger partial charge in [-0.3, -0.25) is 14.4 Å². The van der Waals surface area contributed by atoms with Gasteiger partial charge in [0.2, 0.25) is 23.5 Å². The fraction of sp³-hybridized carbons (Fsp3) is 0.371. The molecule has 12 nitrogen and oxygen atoms in total. The molecule has 4 rings (SSSR count). The van der Waals surface area contributed by atoms with Crippen LogP contribution in [0.3, 0.4) is 0 Å². The van der Waals surface area contributed by atoms with Crippen LogP contribution in [0.2, 0.25) is 0 Å². The van der Waals surface area contributed by atoms with Crippen LogP contribution >= 0.6 is 0 Å². The molecule has 0 saturated carbocycles. The van der Waals surface area contributed by atoms with Crippen molar-refractivity contribution >= 4 is 23.8 Å². The third kappa shape index (κ3) is 8.51. The first-order valence-electron chi connectivity index (χ1n) is 15.3. The summed E-state index contributed by atoms with van der Waals surface area (Å²) in [5.74, 6) is -0.760. The lowest BCUT2D eigenvalue weighted by Crippen LogP contribution is -2.75. The number of amides is 4. The maximum atomic E-state index is 13.9. The Kier molecular flexibility index (Phi) is 11.7. The Labute approximate surface area is 274 Å². The molecule has 4 amide bonds. The predicted molar refractivity (Wildman–Crippen MR) is 174 cm³/mol. The highest BCUT2D eigenvalue weighted by Crippen LogP contribution is 2.40. The van der Waals surface area contributed by atoms with E-state index in [1.165, 1.54) is 21.3 Å². The summed E-state index contributed by atoms with van der Waals surface area (Å²) < 4.78 is 21.9. The third-order valence-electron chi connectivity index (χ3n) is 7.97. The Hall–Kier alpha value is -5.26. The highest BCUT2D eigenvalue weighted by Gasteiger charge is 2.48. The maximum absolute atomic E-state index is 13.9. The topological polar surface area (TPSA) is 153 Å². The van der Waals surface area contributed by atoms with Gasteiger partial charge in [-0.15, -0.1) is 0 Å². The summed E-state index contributed by atoms with van der Waals surface area (Å²) in [6.45, 7) is 3.80. The van der Waals surface area contributed by atoms with Crippen molar-refractivity contribution in [2.24, 2.45) is 5.92 Å². The van der Waals surface area contributed by atoms with E-state index in [4.69, 9.17) is 18.9 Å². The van der Waals surface area contributed by atoms with Gasteiger partial charge in [-0.25, -0.2) is 4.79 Å². The quantitative estimate of drug-likeness (QED) is 0.184. The molecule has 1 heterocycles. The molecule has 0 aliphatic carbocycles. The summed E-state index contributed by atoms with van der Waals surface area (Å²) >= 11 is 0. The van der Waals surface area contributed by atoms with Crippen molar-refractivity contribution in [2.45, 2.75) is 50.9 Å². The fourth-order valence-corrected chi connectivity index (χ4v) is 5.37. The van der Waals surface area contributed by atoms with E-state index in [-0.39, 0.29) is 31.4 Å². The van der Waals surface area contributed by atoms with Crippen molar-refractivity contribution in [1.82, 2.24) is 21.3 Å². The van der Waals surface area contributed by atoms with Crippen LogP contribution in [0.25, 0.3) is 0 Å². The first kappa shape index (κ1) is 34.6. The smallest absolute Gasteiger partial charge is 0.408 e. The van der Waals surface area contributed by atoms with Crippen molar-refractivity contribution in [3.05, 3.63) is 89.5 Å². The Morgan fingerprint density at radius 3 is 1.98 bits per heavy atom. The van der Waals surface area contributed by atoms with E-state index in [1.807, 2.05) is 60.7 Å². The summed E-state index contributed by atoms with van der Waals surface area (Å²) in [6, 6.07) is 19.6. The number of alkyl carbamates (subject to hydrolysis) is 1. The molecule has 1 fully saturated rings. The summed E-state index contributed by atoms with van der Waals surface area (Å²) in [5, 5.41) is 11.1. The Morgan fingerprint density at radius 2 is 1.45 bits per heavy atom. The molecule has 1 aliphatic rings. The highest BCUT2D eigenvalue weighted by atomic mass is 16.5. The molecule has 3 aromatic rings. The minimum Gasteiger partial charge on any atom is -0.493 e. The van der Waals surface area contributed by atoms with Crippen LogP contribution in [0.4, 0.5) is 4.79 Å². The maximum Gasteiger partial charge on any atom is 0.408 e. The molecular formula is C35H42N4O8. The number of hydrogen-bond donors (Lipinski definition) is 4. The molecule has 250 valence electrons. The number of β-lactam (4-membered cyclic amide) rings is 1. The Bertz CT molecular complexity index is 1550. The lowest BCUT2D eigenvalue weighted by atomic mass is 9.83. The van der Waals surface area contributed by atoms with Gasteiger partial charge in [0, 0.05) is 18.4 Å². The first-order chi connectivity index (χ1) is 22.6. The molecule has 3 atom stereocenters. The number of carbonyl (C=O) groups excluding carboxylic acids is 4. The van der Waals surface area contributed by atoms with Crippen LogP contribution in [0.5, 0.6) is 17.2 Å². The first-order valence-corrected chi connectivity index (χ1v) is 15.3. The Morgan fingerprint density at radius 1 is 0.809 bits per heavy atom. The van der Waals surface area contributed by atoms with E-state index < -0.39 is 35.5 Å². The number of hydrogen-bond acceptors (Lipinski definition) is 8. The molecule has 1 aliphatic heterocycles.